The van der Waals surface area contributed by atoms with E-state index in [0.717, 1.165) is 30.4 Å². The molecule has 3 heterocycles. The van der Waals surface area contributed by atoms with Crippen LogP contribution in [0.3, 0.4) is 0 Å². The zero-order chi connectivity index (χ0) is 20.4. The van der Waals surface area contributed by atoms with E-state index >= 15 is 0 Å². The molecule has 1 amide bonds. The van der Waals surface area contributed by atoms with E-state index in [4.69, 9.17) is 4.52 Å². The van der Waals surface area contributed by atoms with Gasteiger partial charge in [-0.2, -0.15) is 4.98 Å². The molecule has 29 heavy (non-hydrogen) atoms. The lowest BCUT2D eigenvalue weighted by Gasteiger charge is -2.30. The summed E-state index contributed by atoms with van der Waals surface area (Å²) in [5.74, 6) is 1.64. The van der Waals surface area contributed by atoms with Crippen molar-refractivity contribution < 1.29 is 9.32 Å². The van der Waals surface area contributed by atoms with Gasteiger partial charge >= 0.3 is 0 Å². The number of benzene rings is 1. The van der Waals surface area contributed by atoms with Crippen molar-refractivity contribution in [1.29, 1.82) is 0 Å². The Labute approximate surface area is 170 Å². The number of amides is 1. The van der Waals surface area contributed by atoms with E-state index in [1.807, 2.05) is 48.2 Å². The summed E-state index contributed by atoms with van der Waals surface area (Å²) < 4.78 is 5.51. The van der Waals surface area contributed by atoms with Gasteiger partial charge < -0.3 is 9.42 Å². The standard InChI is InChI=1S/C22H27N5O2/c1-15(2)13-26-11-6-12-27(14-20(26)21-23-16(3)25-29-21)22(28)19-10-9-17-7-4-5-8-18(17)24-19/h4-5,7-10,15,20H,6,11-14H2,1-3H3. The van der Waals surface area contributed by atoms with E-state index in [-0.39, 0.29) is 11.9 Å². The molecule has 7 heteroatoms. The minimum absolute atomic E-state index is 0.0524. The predicted octanol–water partition coefficient (Wildman–Crippen LogP) is 3.47. The van der Waals surface area contributed by atoms with Gasteiger partial charge in [0.1, 0.15) is 11.7 Å². The molecule has 0 radical (unpaired) electrons. The lowest BCUT2D eigenvalue weighted by molar-refractivity contribution is 0.0703. The number of nitrogens with zero attached hydrogens (tertiary/aromatic N) is 5. The van der Waals surface area contributed by atoms with Crippen LogP contribution >= 0.6 is 0 Å². The molecular formula is C22H27N5O2. The smallest absolute Gasteiger partial charge is 0.272 e. The first-order valence-electron chi connectivity index (χ1n) is 10.2. The summed E-state index contributed by atoms with van der Waals surface area (Å²) in [5, 5.41) is 5.00. The van der Waals surface area contributed by atoms with Gasteiger partial charge in [-0.1, -0.05) is 43.3 Å². The third kappa shape index (κ3) is 4.29. The summed E-state index contributed by atoms with van der Waals surface area (Å²) in [6.07, 6.45) is 0.898. The maximum absolute atomic E-state index is 13.3. The number of fused-ring (bicyclic) bond motifs is 1. The highest BCUT2D eigenvalue weighted by atomic mass is 16.5. The van der Waals surface area contributed by atoms with Gasteiger partial charge in [0, 0.05) is 31.6 Å². The van der Waals surface area contributed by atoms with Crippen molar-refractivity contribution in [3.05, 3.63) is 53.8 Å². The Kier molecular flexibility index (Phi) is 5.58. The minimum Gasteiger partial charge on any atom is -0.338 e. The van der Waals surface area contributed by atoms with Crippen LogP contribution in [0, 0.1) is 12.8 Å². The van der Waals surface area contributed by atoms with E-state index in [2.05, 4.69) is 33.9 Å². The summed E-state index contributed by atoms with van der Waals surface area (Å²) in [5.41, 5.74) is 1.31. The van der Waals surface area contributed by atoms with E-state index < -0.39 is 0 Å². The molecule has 1 unspecified atom stereocenters. The molecule has 1 saturated heterocycles. The van der Waals surface area contributed by atoms with Crippen molar-refractivity contribution in [1.82, 2.24) is 24.9 Å². The lowest BCUT2D eigenvalue weighted by atomic mass is 10.1. The van der Waals surface area contributed by atoms with Crippen molar-refractivity contribution >= 4 is 16.8 Å². The molecular weight excluding hydrogens is 366 g/mol. The van der Waals surface area contributed by atoms with Gasteiger partial charge in [0.15, 0.2) is 5.82 Å². The molecule has 1 aliphatic heterocycles. The maximum atomic E-state index is 13.3. The first-order chi connectivity index (χ1) is 14.0. The van der Waals surface area contributed by atoms with Crippen molar-refractivity contribution in [3.63, 3.8) is 0 Å². The van der Waals surface area contributed by atoms with Gasteiger partial charge in [-0.15, -0.1) is 0 Å². The summed E-state index contributed by atoms with van der Waals surface area (Å²) >= 11 is 0. The van der Waals surface area contributed by atoms with E-state index in [0.29, 0.717) is 36.4 Å². The Balaban J connectivity index is 1.61. The number of rotatable bonds is 4. The largest absolute Gasteiger partial charge is 0.338 e. The number of carbonyl (C=O) groups is 1. The summed E-state index contributed by atoms with van der Waals surface area (Å²) in [4.78, 5) is 26.6. The molecule has 0 bridgehead atoms. The number of hydrogen-bond acceptors (Lipinski definition) is 6. The third-order valence-electron chi connectivity index (χ3n) is 5.24. The minimum atomic E-state index is -0.106. The summed E-state index contributed by atoms with van der Waals surface area (Å²) in [6.45, 7) is 9.22. The second kappa shape index (κ2) is 8.29. The highest BCUT2D eigenvalue weighted by Crippen LogP contribution is 2.26. The normalized spacial score (nSPS) is 18.3. The third-order valence-corrected chi connectivity index (χ3v) is 5.24. The van der Waals surface area contributed by atoms with E-state index in [1.165, 1.54) is 0 Å². The molecule has 1 atom stereocenters. The molecule has 0 aliphatic carbocycles. The average molecular weight is 393 g/mol. The highest BCUT2D eigenvalue weighted by molar-refractivity contribution is 5.95. The average Bonchev–Trinajstić information content (AvgIpc) is 3.03. The van der Waals surface area contributed by atoms with Gasteiger partial charge in [-0.05, 0) is 31.4 Å². The number of aryl methyl sites for hydroxylation is 1. The molecule has 3 aromatic rings. The molecule has 4 rings (SSSR count). The SMILES string of the molecule is Cc1noc(C2CN(C(=O)c3ccc4ccccc4n3)CCCN2CC(C)C)n1. The van der Waals surface area contributed by atoms with Crippen LogP contribution in [-0.4, -0.2) is 57.0 Å². The predicted molar refractivity (Wildman–Crippen MR) is 110 cm³/mol. The molecule has 2 aromatic heterocycles. The Morgan fingerprint density at radius 1 is 1.17 bits per heavy atom. The zero-order valence-electron chi connectivity index (χ0n) is 17.2. The zero-order valence-corrected chi connectivity index (χ0v) is 17.2. The van der Waals surface area contributed by atoms with Crippen LogP contribution in [0.1, 0.15) is 48.5 Å². The van der Waals surface area contributed by atoms with Crippen molar-refractivity contribution in [3.8, 4) is 0 Å². The molecule has 1 fully saturated rings. The van der Waals surface area contributed by atoms with Crippen molar-refractivity contribution in [2.45, 2.75) is 33.2 Å². The van der Waals surface area contributed by atoms with E-state index in [9.17, 15) is 4.79 Å². The summed E-state index contributed by atoms with van der Waals surface area (Å²) in [7, 11) is 0. The van der Waals surface area contributed by atoms with Crippen molar-refractivity contribution in [2.75, 3.05) is 26.2 Å². The Morgan fingerprint density at radius 2 is 2.00 bits per heavy atom. The molecule has 152 valence electrons. The van der Waals surface area contributed by atoms with Gasteiger partial charge in [0.05, 0.1) is 5.52 Å². The molecule has 0 N–H and O–H groups in total. The van der Waals surface area contributed by atoms with Gasteiger partial charge in [0.2, 0.25) is 5.89 Å². The van der Waals surface area contributed by atoms with E-state index in [1.54, 1.807) is 0 Å². The molecule has 0 spiro atoms. The Bertz CT molecular complexity index is 1000. The van der Waals surface area contributed by atoms with Crippen molar-refractivity contribution in [2.24, 2.45) is 5.92 Å². The molecule has 1 aliphatic rings. The topological polar surface area (TPSA) is 75.4 Å². The first-order valence-corrected chi connectivity index (χ1v) is 10.2. The molecule has 0 saturated carbocycles. The van der Waals surface area contributed by atoms with Crippen LogP contribution in [0.4, 0.5) is 0 Å². The fourth-order valence-electron chi connectivity index (χ4n) is 3.94. The monoisotopic (exact) mass is 393 g/mol. The van der Waals surface area contributed by atoms with Gasteiger partial charge in [-0.3, -0.25) is 9.69 Å². The Morgan fingerprint density at radius 3 is 2.76 bits per heavy atom. The highest BCUT2D eigenvalue weighted by Gasteiger charge is 2.33. The van der Waals surface area contributed by atoms with Crippen LogP contribution in [-0.2, 0) is 0 Å². The molecule has 1 aromatic carbocycles. The second-order valence-electron chi connectivity index (χ2n) is 8.08. The number of carbonyl (C=O) groups excluding carboxylic acids is 1. The van der Waals surface area contributed by atoms with Gasteiger partial charge in [0.25, 0.3) is 5.91 Å². The lowest BCUT2D eigenvalue weighted by Crippen LogP contribution is -2.39. The van der Waals surface area contributed by atoms with Crippen LogP contribution in [0.15, 0.2) is 40.9 Å². The maximum Gasteiger partial charge on any atom is 0.272 e. The quantitative estimate of drug-likeness (QED) is 0.676. The van der Waals surface area contributed by atoms with Gasteiger partial charge in [-0.25, -0.2) is 4.98 Å². The molecule has 7 nitrogen and oxygen atoms in total. The Hall–Kier alpha value is -2.80. The van der Waals surface area contributed by atoms with Crippen LogP contribution in [0.25, 0.3) is 10.9 Å². The van der Waals surface area contributed by atoms with Crippen LogP contribution in [0.5, 0.6) is 0 Å². The number of para-hydroxylation sites is 1. The number of pyridine rings is 1. The summed E-state index contributed by atoms with van der Waals surface area (Å²) in [6, 6.07) is 11.5. The number of hydrogen-bond donors (Lipinski definition) is 0. The van der Waals surface area contributed by atoms with Crippen LogP contribution in [0.2, 0.25) is 0 Å². The van der Waals surface area contributed by atoms with Crippen LogP contribution < -0.4 is 0 Å². The fraction of sp³-hybridized carbons (Fsp3) is 0.455. The number of aromatic nitrogens is 3. The fourth-order valence-corrected chi connectivity index (χ4v) is 3.94. The first kappa shape index (κ1) is 19.5. The second-order valence-corrected chi connectivity index (χ2v) is 8.08.